The van der Waals surface area contributed by atoms with Crippen LogP contribution in [0.5, 0.6) is 5.75 Å². The van der Waals surface area contributed by atoms with Crippen LogP contribution in [0, 0.1) is 0 Å². The van der Waals surface area contributed by atoms with Gasteiger partial charge in [-0.2, -0.15) is 13.2 Å². The van der Waals surface area contributed by atoms with Gasteiger partial charge in [0.2, 0.25) is 0 Å². The quantitative estimate of drug-likeness (QED) is 0.334. The fourth-order valence-corrected chi connectivity index (χ4v) is 2.64. The molecule has 0 amide bonds. The molecule has 0 aliphatic heterocycles. The van der Waals surface area contributed by atoms with Crippen LogP contribution in [0.2, 0.25) is 0 Å². The van der Waals surface area contributed by atoms with E-state index >= 15 is 0 Å². The largest absolute Gasteiger partial charge is 0.484 e. The summed E-state index contributed by atoms with van der Waals surface area (Å²) in [6, 6.07) is 10.5. The summed E-state index contributed by atoms with van der Waals surface area (Å²) >= 11 is 1.65. The number of aliphatic imine (C=N–C) groups is 1. The Morgan fingerprint density at radius 2 is 2.00 bits per heavy atom. The van der Waals surface area contributed by atoms with E-state index in [0.717, 1.165) is 5.56 Å². The molecule has 1 aromatic heterocycles. The summed E-state index contributed by atoms with van der Waals surface area (Å²) in [5.74, 6) is 0.832. The van der Waals surface area contributed by atoms with Crippen molar-refractivity contribution in [1.29, 1.82) is 0 Å². The highest BCUT2D eigenvalue weighted by Gasteiger charge is 2.28. The van der Waals surface area contributed by atoms with E-state index in [9.17, 15) is 13.2 Å². The third-order valence-corrected chi connectivity index (χ3v) is 3.95. The second-order valence-electron chi connectivity index (χ2n) is 5.18. The molecule has 2 N–H and O–H groups in total. The molecule has 0 unspecified atom stereocenters. The van der Waals surface area contributed by atoms with Crippen molar-refractivity contribution >= 4 is 41.3 Å². The van der Waals surface area contributed by atoms with Crippen molar-refractivity contribution in [2.24, 2.45) is 4.99 Å². The highest BCUT2D eigenvalue weighted by Crippen LogP contribution is 2.19. The third-order valence-electron chi connectivity index (χ3n) is 3.08. The van der Waals surface area contributed by atoms with Gasteiger partial charge in [0, 0.05) is 11.4 Å². The lowest BCUT2D eigenvalue weighted by Crippen LogP contribution is -2.36. The number of nitrogens with zero attached hydrogens (tertiary/aromatic N) is 1. The van der Waals surface area contributed by atoms with Crippen LogP contribution in [-0.2, 0) is 13.1 Å². The van der Waals surface area contributed by atoms with Gasteiger partial charge >= 0.3 is 6.18 Å². The Bertz CT molecular complexity index is 678. The maximum atomic E-state index is 12.2. The summed E-state index contributed by atoms with van der Waals surface area (Å²) in [6.45, 7) is 2.38. The molecule has 4 nitrogen and oxygen atoms in total. The molecular formula is C17H21F3IN3OS. The van der Waals surface area contributed by atoms with Gasteiger partial charge in [0.05, 0.1) is 13.1 Å². The minimum Gasteiger partial charge on any atom is -0.484 e. The van der Waals surface area contributed by atoms with Crippen molar-refractivity contribution in [1.82, 2.24) is 10.6 Å². The molecule has 0 aliphatic carbocycles. The van der Waals surface area contributed by atoms with Crippen LogP contribution < -0.4 is 15.4 Å². The Kier molecular flexibility index (Phi) is 9.78. The maximum Gasteiger partial charge on any atom is 0.422 e. The van der Waals surface area contributed by atoms with E-state index in [-0.39, 0.29) is 29.7 Å². The molecule has 2 aromatic rings. The first-order valence-corrected chi connectivity index (χ1v) is 8.67. The summed E-state index contributed by atoms with van der Waals surface area (Å²) in [4.78, 5) is 5.64. The number of hydrogen-bond donors (Lipinski definition) is 2. The van der Waals surface area contributed by atoms with Crippen molar-refractivity contribution < 1.29 is 17.9 Å². The molecule has 0 aliphatic rings. The average Bonchev–Trinajstić information content (AvgIpc) is 3.09. The van der Waals surface area contributed by atoms with Gasteiger partial charge in [0.1, 0.15) is 5.75 Å². The van der Waals surface area contributed by atoms with E-state index in [1.165, 1.54) is 10.9 Å². The number of hydrogen-bond acceptors (Lipinski definition) is 3. The number of halogens is 4. The fourth-order valence-electron chi connectivity index (χ4n) is 1.99. The number of alkyl halides is 3. The summed E-state index contributed by atoms with van der Waals surface area (Å²) in [5.41, 5.74) is 0.771. The van der Waals surface area contributed by atoms with Gasteiger partial charge in [-0.25, -0.2) is 4.99 Å². The van der Waals surface area contributed by atoms with Gasteiger partial charge in [0.15, 0.2) is 12.6 Å². The molecule has 1 heterocycles. The zero-order valence-electron chi connectivity index (χ0n) is 14.2. The Morgan fingerprint density at radius 1 is 1.19 bits per heavy atom. The Labute approximate surface area is 171 Å². The van der Waals surface area contributed by atoms with Crippen molar-refractivity contribution in [2.45, 2.75) is 26.2 Å². The van der Waals surface area contributed by atoms with Crippen LogP contribution in [0.4, 0.5) is 13.2 Å². The lowest BCUT2D eigenvalue weighted by molar-refractivity contribution is -0.153. The van der Waals surface area contributed by atoms with Gasteiger partial charge in [0.25, 0.3) is 0 Å². The minimum atomic E-state index is -4.35. The Morgan fingerprint density at radius 3 is 2.65 bits per heavy atom. The van der Waals surface area contributed by atoms with E-state index in [2.05, 4.69) is 15.6 Å². The number of benzene rings is 1. The first-order chi connectivity index (χ1) is 12.0. The van der Waals surface area contributed by atoms with E-state index in [1.807, 2.05) is 24.4 Å². The number of rotatable bonds is 7. The monoisotopic (exact) mass is 499 g/mol. The molecule has 9 heteroatoms. The highest BCUT2D eigenvalue weighted by molar-refractivity contribution is 14.0. The summed E-state index contributed by atoms with van der Waals surface area (Å²) in [5, 5.41) is 8.37. The van der Waals surface area contributed by atoms with Gasteiger partial charge in [-0.3, -0.25) is 0 Å². The Hall–Kier alpha value is -1.49. The lowest BCUT2D eigenvalue weighted by Gasteiger charge is -2.11. The molecule has 0 spiro atoms. The smallest absolute Gasteiger partial charge is 0.422 e. The average molecular weight is 499 g/mol. The van der Waals surface area contributed by atoms with Crippen molar-refractivity contribution in [2.75, 3.05) is 13.2 Å². The van der Waals surface area contributed by atoms with E-state index in [0.29, 0.717) is 25.6 Å². The molecule has 26 heavy (non-hydrogen) atoms. The standard InChI is InChI=1S/C17H20F3N3OS.HI/c1-2-21-16(23-11-15-7-4-8-25-15)22-10-13-5-3-6-14(9-13)24-12-17(18,19)20;/h3-9H,2,10-12H2,1H3,(H2,21,22,23);1H. The SMILES string of the molecule is CCNC(=NCc1cccc(OCC(F)(F)F)c1)NCc1cccs1.I. The highest BCUT2D eigenvalue weighted by atomic mass is 127. The summed E-state index contributed by atoms with van der Waals surface area (Å²) < 4.78 is 41.4. The number of nitrogens with one attached hydrogen (secondary N) is 2. The Balaban J connectivity index is 0.00000338. The van der Waals surface area contributed by atoms with E-state index in [4.69, 9.17) is 4.74 Å². The topological polar surface area (TPSA) is 45.7 Å². The number of guanidine groups is 1. The van der Waals surface area contributed by atoms with Crippen molar-refractivity contribution in [3.8, 4) is 5.75 Å². The molecule has 0 radical (unpaired) electrons. The van der Waals surface area contributed by atoms with Crippen molar-refractivity contribution in [3.05, 3.63) is 52.2 Å². The van der Waals surface area contributed by atoms with Gasteiger partial charge < -0.3 is 15.4 Å². The first-order valence-electron chi connectivity index (χ1n) is 7.79. The molecule has 0 fully saturated rings. The molecule has 1 aromatic carbocycles. The third kappa shape index (κ3) is 8.75. The predicted octanol–water partition coefficient (Wildman–Crippen LogP) is 4.56. The fraction of sp³-hybridized carbons (Fsp3) is 0.353. The van der Waals surface area contributed by atoms with Gasteiger partial charge in [-0.15, -0.1) is 35.3 Å². The lowest BCUT2D eigenvalue weighted by atomic mass is 10.2. The molecule has 0 saturated carbocycles. The van der Waals surface area contributed by atoms with Crippen LogP contribution in [0.1, 0.15) is 17.4 Å². The maximum absolute atomic E-state index is 12.2. The van der Waals surface area contributed by atoms with E-state index < -0.39 is 12.8 Å². The van der Waals surface area contributed by atoms with Crippen LogP contribution in [0.3, 0.4) is 0 Å². The molecule has 0 atom stereocenters. The van der Waals surface area contributed by atoms with Crippen molar-refractivity contribution in [3.63, 3.8) is 0 Å². The zero-order chi connectivity index (χ0) is 18.1. The second kappa shape index (κ2) is 11.3. The van der Waals surface area contributed by atoms with Crippen LogP contribution >= 0.6 is 35.3 Å². The summed E-state index contributed by atoms with van der Waals surface area (Å²) in [7, 11) is 0. The zero-order valence-corrected chi connectivity index (χ0v) is 17.3. The van der Waals surface area contributed by atoms with Crippen LogP contribution in [-0.4, -0.2) is 25.3 Å². The minimum absolute atomic E-state index is 0. The molecule has 2 rings (SSSR count). The molecular weight excluding hydrogens is 478 g/mol. The van der Waals surface area contributed by atoms with Gasteiger partial charge in [-0.1, -0.05) is 18.2 Å². The van der Waals surface area contributed by atoms with E-state index in [1.54, 1.807) is 29.5 Å². The molecule has 0 bridgehead atoms. The normalized spacial score (nSPS) is 11.6. The predicted molar refractivity (Wildman–Crippen MR) is 109 cm³/mol. The van der Waals surface area contributed by atoms with Crippen LogP contribution in [0.25, 0.3) is 0 Å². The summed E-state index contributed by atoms with van der Waals surface area (Å²) in [6.07, 6.45) is -4.35. The molecule has 144 valence electrons. The second-order valence-corrected chi connectivity index (χ2v) is 6.21. The number of thiophene rings is 1. The first kappa shape index (κ1) is 22.6. The van der Waals surface area contributed by atoms with Crippen LogP contribution in [0.15, 0.2) is 46.8 Å². The van der Waals surface area contributed by atoms with Gasteiger partial charge in [-0.05, 0) is 36.1 Å². The molecule has 0 saturated heterocycles. The number of ether oxygens (including phenoxy) is 1.